The zero-order valence-electron chi connectivity index (χ0n) is 14.5. The Morgan fingerprint density at radius 1 is 1.19 bits per heavy atom. The Bertz CT molecular complexity index is 1110. The molecular formula is C20H19N5S. The van der Waals surface area contributed by atoms with Gasteiger partial charge in [0.15, 0.2) is 0 Å². The number of rotatable bonds is 3. The molecule has 1 saturated carbocycles. The third-order valence-corrected chi connectivity index (χ3v) is 5.84. The molecule has 0 bridgehead atoms. The average molecular weight is 361 g/mol. The first-order valence-corrected chi connectivity index (χ1v) is 9.62. The van der Waals surface area contributed by atoms with Gasteiger partial charge in [-0.3, -0.25) is 9.67 Å². The van der Waals surface area contributed by atoms with Gasteiger partial charge in [-0.15, -0.1) is 0 Å². The highest BCUT2D eigenvalue weighted by Crippen LogP contribution is 2.40. The van der Waals surface area contributed by atoms with Crippen molar-refractivity contribution in [1.29, 1.82) is 0 Å². The molecule has 26 heavy (non-hydrogen) atoms. The Hall–Kier alpha value is -2.73. The second-order valence-electron chi connectivity index (χ2n) is 6.92. The summed E-state index contributed by atoms with van der Waals surface area (Å²) in [5.74, 6) is 0.595. The maximum Gasteiger partial charge on any atom is 0.116 e. The number of nitrogen functional groups attached to an aromatic ring is 1. The number of nitrogens with two attached hydrogens (primary N) is 1. The minimum absolute atomic E-state index is 0.595. The SMILES string of the molecule is Cn1cc2cc(-c3nsc(N)c3-c3cccc(C4CCC4)n3)ccc2n1. The molecule has 3 aromatic heterocycles. The zero-order valence-corrected chi connectivity index (χ0v) is 15.3. The summed E-state index contributed by atoms with van der Waals surface area (Å²) in [6, 6.07) is 12.5. The van der Waals surface area contributed by atoms with Crippen LogP contribution in [0.5, 0.6) is 0 Å². The summed E-state index contributed by atoms with van der Waals surface area (Å²) in [5, 5.41) is 6.25. The van der Waals surface area contributed by atoms with Crippen molar-refractivity contribution in [2.75, 3.05) is 5.73 Å². The molecule has 5 rings (SSSR count). The highest BCUT2D eigenvalue weighted by molar-refractivity contribution is 7.11. The summed E-state index contributed by atoms with van der Waals surface area (Å²) in [5.41, 5.74) is 12.3. The van der Waals surface area contributed by atoms with Crippen LogP contribution in [0.15, 0.2) is 42.6 Å². The molecule has 0 amide bonds. The lowest BCUT2D eigenvalue weighted by Gasteiger charge is -2.25. The van der Waals surface area contributed by atoms with Gasteiger partial charge in [0.25, 0.3) is 0 Å². The molecule has 1 fully saturated rings. The van der Waals surface area contributed by atoms with E-state index in [4.69, 9.17) is 10.7 Å². The Morgan fingerprint density at radius 2 is 2.08 bits per heavy atom. The quantitative estimate of drug-likeness (QED) is 0.578. The highest BCUT2D eigenvalue weighted by Gasteiger charge is 2.23. The molecule has 2 N–H and O–H groups in total. The topological polar surface area (TPSA) is 69.6 Å². The lowest BCUT2D eigenvalue weighted by molar-refractivity contribution is 0.411. The number of aromatic nitrogens is 4. The largest absolute Gasteiger partial charge is 0.389 e. The fraction of sp³-hybridized carbons (Fsp3) is 0.250. The van der Waals surface area contributed by atoms with Crippen molar-refractivity contribution in [1.82, 2.24) is 19.1 Å². The van der Waals surface area contributed by atoms with E-state index in [-0.39, 0.29) is 0 Å². The Balaban J connectivity index is 1.63. The number of hydrogen-bond donors (Lipinski definition) is 1. The monoisotopic (exact) mass is 361 g/mol. The van der Waals surface area contributed by atoms with Crippen molar-refractivity contribution in [2.24, 2.45) is 7.05 Å². The van der Waals surface area contributed by atoms with Crippen molar-refractivity contribution in [3.8, 4) is 22.5 Å². The van der Waals surface area contributed by atoms with Crippen LogP contribution in [0.2, 0.25) is 0 Å². The second-order valence-corrected chi connectivity index (χ2v) is 7.73. The molecule has 5 nitrogen and oxygen atoms in total. The van der Waals surface area contributed by atoms with E-state index in [1.807, 2.05) is 30.1 Å². The van der Waals surface area contributed by atoms with Crippen LogP contribution < -0.4 is 5.73 Å². The van der Waals surface area contributed by atoms with E-state index in [0.717, 1.165) is 33.4 Å². The molecule has 0 spiro atoms. The number of pyridine rings is 1. The van der Waals surface area contributed by atoms with E-state index in [9.17, 15) is 0 Å². The van der Waals surface area contributed by atoms with Crippen LogP contribution in [-0.2, 0) is 7.05 Å². The number of aryl methyl sites for hydroxylation is 1. The molecular weight excluding hydrogens is 342 g/mol. The Kier molecular flexibility index (Phi) is 3.53. The van der Waals surface area contributed by atoms with Gasteiger partial charge in [0.1, 0.15) is 5.00 Å². The first kappa shape index (κ1) is 15.5. The number of nitrogens with zero attached hydrogens (tertiary/aromatic N) is 4. The van der Waals surface area contributed by atoms with E-state index < -0.39 is 0 Å². The molecule has 1 aliphatic rings. The average Bonchev–Trinajstić information content (AvgIpc) is 3.14. The number of benzene rings is 1. The molecule has 0 atom stereocenters. The van der Waals surface area contributed by atoms with Gasteiger partial charge in [-0.1, -0.05) is 18.6 Å². The van der Waals surface area contributed by atoms with Crippen LogP contribution in [0.25, 0.3) is 33.4 Å². The van der Waals surface area contributed by atoms with Gasteiger partial charge >= 0.3 is 0 Å². The molecule has 0 radical (unpaired) electrons. The normalized spacial score (nSPS) is 14.7. The molecule has 6 heteroatoms. The number of fused-ring (bicyclic) bond motifs is 1. The van der Waals surface area contributed by atoms with Crippen molar-refractivity contribution in [2.45, 2.75) is 25.2 Å². The van der Waals surface area contributed by atoms with Crippen molar-refractivity contribution in [3.05, 3.63) is 48.3 Å². The molecule has 0 aliphatic heterocycles. The third kappa shape index (κ3) is 2.49. The predicted octanol–water partition coefficient (Wildman–Crippen LogP) is 4.61. The van der Waals surface area contributed by atoms with Gasteiger partial charge in [0.05, 0.1) is 22.5 Å². The molecule has 1 aromatic carbocycles. The summed E-state index contributed by atoms with van der Waals surface area (Å²) in [6.45, 7) is 0. The molecule has 130 valence electrons. The van der Waals surface area contributed by atoms with Crippen LogP contribution in [0, 0.1) is 0 Å². The van der Waals surface area contributed by atoms with Gasteiger partial charge < -0.3 is 5.73 Å². The predicted molar refractivity (Wildman–Crippen MR) is 106 cm³/mol. The van der Waals surface area contributed by atoms with E-state index in [1.54, 1.807) is 0 Å². The van der Waals surface area contributed by atoms with Gasteiger partial charge in [-0.05, 0) is 48.6 Å². The highest BCUT2D eigenvalue weighted by atomic mass is 32.1. The van der Waals surface area contributed by atoms with Gasteiger partial charge in [-0.25, -0.2) is 0 Å². The van der Waals surface area contributed by atoms with Crippen LogP contribution in [-0.4, -0.2) is 19.1 Å². The molecule has 3 heterocycles. The molecule has 4 aromatic rings. The lowest BCUT2D eigenvalue weighted by Crippen LogP contribution is -2.10. The van der Waals surface area contributed by atoms with E-state index >= 15 is 0 Å². The van der Waals surface area contributed by atoms with E-state index in [2.05, 4.69) is 33.7 Å². The second kappa shape index (κ2) is 5.92. The van der Waals surface area contributed by atoms with Crippen LogP contribution >= 0.6 is 11.5 Å². The lowest BCUT2D eigenvalue weighted by atomic mass is 9.82. The Labute approximate surface area is 155 Å². The van der Waals surface area contributed by atoms with E-state index in [0.29, 0.717) is 10.9 Å². The fourth-order valence-corrected chi connectivity index (χ4v) is 4.24. The zero-order chi connectivity index (χ0) is 17.7. The van der Waals surface area contributed by atoms with Gasteiger partial charge in [0, 0.05) is 35.8 Å². The standard InChI is InChI=1S/C20H19N5S/c1-25-11-14-10-13(8-9-16(14)23-25)19-18(20(21)26-24-19)17-7-3-6-15(22-17)12-4-2-5-12/h3,6-12H,2,4-5,21H2,1H3. The molecule has 0 saturated heterocycles. The maximum absolute atomic E-state index is 6.30. The summed E-state index contributed by atoms with van der Waals surface area (Å²) >= 11 is 1.33. The number of hydrogen-bond acceptors (Lipinski definition) is 5. The van der Waals surface area contributed by atoms with Crippen molar-refractivity contribution < 1.29 is 0 Å². The summed E-state index contributed by atoms with van der Waals surface area (Å²) < 4.78 is 6.46. The minimum atomic E-state index is 0.595. The van der Waals surface area contributed by atoms with Crippen molar-refractivity contribution in [3.63, 3.8) is 0 Å². The number of anilines is 1. The first-order chi connectivity index (χ1) is 12.7. The Morgan fingerprint density at radius 3 is 2.88 bits per heavy atom. The molecule has 0 unspecified atom stereocenters. The van der Waals surface area contributed by atoms with Gasteiger partial charge in [-0.2, -0.15) is 9.47 Å². The van der Waals surface area contributed by atoms with Crippen LogP contribution in [0.4, 0.5) is 5.00 Å². The summed E-state index contributed by atoms with van der Waals surface area (Å²) in [7, 11) is 1.93. The van der Waals surface area contributed by atoms with E-state index in [1.165, 1.54) is 36.5 Å². The summed E-state index contributed by atoms with van der Waals surface area (Å²) in [4.78, 5) is 4.92. The first-order valence-electron chi connectivity index (χ1n) is 8.85. The maximum atomic E-state index is 6.30. The van der Waals surface area contributed by atoms with Gasteiger partial charge in [0.2, 0.25) is 0 Å². The summed E-state index contributed by atoms with van der Waals surface area (Å²) in [6.07, 6.45) is 5.79. The fourth-order valence-electron chi connectivity index (χ4n) is 3.57. The van der Waals surface area contributed by atoms with Crippen LogP contribution in [0.3, 0.4) is 0 Å². The third-order valence-electron chi connectivity index (χ3n) is 5.16. The van der Waals surface area contributed by atoms with Crippen LogP contribution in [0.1, 0.15) is 30.9 Å². The smallest absolute Gasteiger partial charge is 0.116 e. The minimum Gasteiger partial charge on any atom is -0.389 e. The van der Waals surface area contributed by atoms with Crippen molar-refractivity contribution >= 4 is 27.4 Å². The molecule has 1 aliphatic carbocycles.